The third-order valence-electron chi connectivity index (χ3n) is 4.73. The fourth-order valence-electron chi connectivity index (χ4n) is 3.14. The molecule has 0 spiro atoms. The van der Waals surface area contributed by atoms with E-state index in [0.29, 0.717) is 21.3 Å². The summed E-state index contributed by atoms with van der Waals surface area (Å²) in [5.74, 6) is -0.198. The summed E-state index contributed by atoms with van der Waals surface area (Å²) in [6.07, 6.45) is -3.21. The quantitative estimate of drug-likeness (QED) is 0.374. The lowest BCUT2D eigenvalue weighted by Gasteiger charge is -2.07. The van der Waals surface area contributed by atoms with Gasteiger partial charge in [0.15, 0.2) is 6.61 Å². The van der Waals surface area contributed by atoms with E-state index < -0.39 is 27.9 Å². The number of methoxy groups -OCH3 is 1. The average Bonchev–Trinajstić information content (AvgIpc) is 3.48. The summed E-state index contributed by atoms with van der Waals surface area (Å²) in [6, 6.07) is 9.83. The standard InChI is InChI=1S/C20H16F3N3O5S2/c1-25-17(20(21,22)23)10-14(24-25)16-5-6-19(32-16)33(28,29)26-8-7-12-9-13(3-4-15(12)26)31-11-18(27)30-2/h3-10H,11H2,1-2H3. The van der Waals surface area contributed by atoms with Crippen LogP contribution in [0.3, 0.4) is 0 Å². The first-order valence-corrected chi connectivity index (χ1v) is 11.5. The molecule has 0 atom stereocenters. The van der Waals surface area contributed by atoms with Crippen molar-refractivity contribution in [2.24, 2.45) is 7.05 Å². The van der Waals surface area contributed by atoms with E-state index in [1.807, 2.05) is 0 Å². The van der Waals surface area contributed by atoms with Gasteiger partial charge in [-0.15, -0.1) is 11.3 Å². The number of hydrogen-bond acceptors (Lipinski definition) is 7. The molecule has 8 nitrogen and oxygen atoms in total. The molecule has 0 N–H and O–H groups in total. The molecular formula is C20H16F3N3O5S2. The molecule has 3 heterocycles. The second-order valence-corrected chi connectivity index (χ2v) is 9.98. The average molecular weight is 499 g/mol. The van der Waals surface area contributed by atoms with E-state index >= 15 is 0 Å². The summed E-state index contributed by atoms with van der Waals surface area (Å²) in [4.78, 5) is 11.5. The van der Waals surface area contributed by atoms with E-state index in [9.17, 15) is 26.4 Å². The van der Waals surface area contributed by atoms with Crippen LogP contribution < -0.4 is 4.74 Å². The van der Waals surface area contributed by atoms with Crippen molar-refractivity contribution >= 4 is 38.2 Å². The van der Waals surface area contributed by atoms with Crippen molar-refractivity contribution in [2.75, 3.05) is 13.7 Å². The maximum Gasteiger partial charge on any atom is 0.433 e. The molecule has 0 aliphatic rings. The first-order chi connectivity index (χ1) is 15.5. The minimum Gasteiger partial charge on any atom is -0.482 e. The predicted molar refractivity (Wildman–Crippen MR) is 114 cm³/mol. The largest absolute Gasteiger partial charge is 0.482 e. The molecule has 0 amide bonds. The molecule has 4 aromatic rings. The molecule has 1 aromatic carbocycles. The summed E-state index contributed by atoms with van der Waals surface area (Å²) in [5.41, 5.74) is -0.537. The third kappa shape index (κ3) is 4.33. The van der Waals surface area contributed by atoms with Crippen LogP contribution in [0.2, 0.25) is 0 Å². The molecule has 13 heteroatoms. The maximum absolute atomic E-state index is 13.2. The highest BCUT2D eigenvalue weighted by Gasteiger charge is 2.35. The van der Waals surface area contributed by atoms with Crippen molar-refractivity contribution in [1.29, 1.82) is 0 Å². The van der Waals surface area contributed by atoms with E-state index in [4.69, 9.17) is 4.74 Å². The molecule has 0 aliphatic carbocycles. The van der Waals surface area contributed by atoms with E-state index in [0.717, 1.165) is 21.4 Å². The second-order valence-electron chi connectivity index (χ2n) is 6.86. The number of nitrogens with zero attached hydrogens (tertiary/aromatic N) is 3. The number of rotatable bonds is 6. The Kier molecular flexibility index (Phi) is 5.70. The Morgan fingerprint density at radius 2 is 1.91 bits per heavy atom. The minimum absolute atomic E-state index is 0.0287. The van der Waals surface area contributed by atoms with Crippen LogP contribution in [0.4, 0.5) is 13.2 Å². The van der Waals surface area contributed by atoms with E-state index in [2.05, 4.69) is 9.84 Å². The van der Waals surface area contributed by atoms with Crippen molar-refractivity contribution in [3.63, 3.8) is 0 Å². The van der Waals surface area contributed by atoms with Gasteiger partial charge in [-0.3, -0.25) is 4.68 Å². The van der Waals surface area contributed by atoms with Gasteiger partial charge in [0.1, 0.15) is 21.3 Å². The number of fused-ring (bicyclic) bond motifs is 1. The van der Waals surface area contributed by atoms with Gasteiger partial charge >= 0.3 is 12.1 Å². The molecular weight excluding hydrogens is 483 g/mol. The molecule has 0 saturated heterocycles. The van der Waals surface area contributed by atoms with Crippen LogP contribution in [0, 0.1) is 0 Å². The SMILES string of the molecule is COC(=O)COc1ccc2c(ccn2S(=O)(=O)c2ccc(-c3cc(C(F)(F)F)n(C)n3)s2)c1. The van der Waals surface area contributed by atoms with E-state index in [-0.39, 0.29) is 21.4 Å². The first kappa shape index (κ1) is 22.9. The molecule has 0 radical (unpaired) electrons. The fraction of sp³-hybridized carbons (Fsp3) is 0.200. The third-order valence-corrected chi connectivity index (χ3v) is 7.99. The number of benzene rings is 1. The Morgan fingerprint density at radius 3 is 2.58 bits per heavy atom. The van der Waals surface area contributed by atoms with Crippen molar-refractivity contribution in [1.82, 2.24) is 13.8 Å². The van der Waals surface area contributed by atoms with Gasteiger partial charge in [0.25, 0.3) is 10.0 Å². The monoisotopic (exact) mass is 499 g/mol. The molecule has 0 saturated carbocycles. The number of aryl methyl sites for hydroxylation is 1. The number of esters is 1. The summed E-state index contributed by atoms with van der Waals surface area (Å²) in [7, 11) is -1.61. The number of halogens is 3. The number of hydrogen-bond donors (Lipinski definition) is 0. The van der Waals surface area contributed by atoms with Gasteiger partial charge in [0.2, 0.25) is 0 Å². The summed E-state index contributed by atoms with van der Waals surface area (Å²) < 4.78 is 77.1. The number of carbonyl (C=O) groups excluding carboxylic acids is 1. The number of alkyl halides is 3. The fourth-order valence-corrected chi connectivity index (χ4v) is 5.85. The van der Waals surface area contributed by atoms with Crippen LogP contribution in [0.1, 0.15) is 5.69 Å². The molecule has 0 fully saturated rings. The van der Waals surface area contributed by atoms with Crippen LogP contribution in [-0.4, -0.2) is 41.9 Å². The van der Waals surface area contributed by atoms with Crippen molar-refractivity contribution in [3.05, 3.63) is 54.4 Å². The minimum atomic E-state index is -4.57. The number of ether oxygens (including phenoxy) is 2. The predicted octanol–water partition coefficient (Wildman–Crippen LogP) is 3.91. The highest BCUT2D eigenvalue weighted by molar-refractivity contribution is 7.92. The number of aromatic nitrogens is 3. The van der Waals surface area contributed by atoms with Gasteiger partial charge in [-0.25, -0.2) is 8.77 Å². The summed E-state index contributed by atoms with van der Waals surface area (Å²) in [6.45, 7) is -0.289. The van der Waals surface area contributed by atoms with Crippen molar-refractivity contribution in [2.45, 2.75) is 10.4 Å². The molecule has 3 aromatic heterocycles. The normalized spacial score (nSPS) is 12.3. The topological polar surface area (TPSA) is 92.4 Å². The smallest absolute Gasteiger partial charge is 0.433 e. The highest BCUT2D eigenvalue weighted by atomic mass is 32.2. The molecule has 4 rings (SSSR count). The highest BCUT2D eigenvalue weighted by Crippen LogP contribution is 2.36. The Bertz CT molecular complexity index is 1450. The Morgan fingerprint density at radius 1 is 1.15 bits per heavy atom. The molecule has 0 bridgehead atoms. The Balaban J connectivity index is 1.64. The van der Waals surface area contributed by atoms with Crippen molar-refractivity contribution < 1.29 is 35.9 Å². The van der Waals surface area contributed by atoms with Crippen molar-refractivity contribution in [3.8, 4) is 16.3 Å². The van der Waals surface area contributed by atoms with Gasteiger partial charge in [-0.1, -0.05) is 0 Å². The lowest BCUT2D eigenvalue weighted by Crippen LogP contribution is -2.12. The van der Waals surface area contributed by atoms with Crippen LogP contribution in [-0.2, 0) is 32.8 Å². The van der Waals surface area contributed by atoms with Crippen LogP contribution in [0.25, 0.3) is 21.5 Å². The number of thiophene rings is 1. The molecule has 33 heavy (non-hydrogen) atoms. The summed E-state index contributed by atoms with van der Waals surface area (Å²) in [5, 5.41) is 4.41. The van der Waals surface area contributed by atoms with Crippen LogP contribution >= 0.6 is 11.3 Å². The molecule has 174 valence electrons. The van der Waals surface area contributed by atoms with Crippen LogP contribution in [0.5, 0.6) is 5.75 Å². The van der Waals surface area contributed by atoms with E-state index in [1.165, 1.54) is 44.6 Å². The van der Waals surface area contributed by atoms with Gasteiger partial charge in [0.05, 0.1) is 17.5 Å². The second kappa shape index (κ2) is 8.23. The zero-order valence-electron chi connectivity index (χ0n) is 17.2. The van der Waals surface area contributed by atoms with Crippen LogP contribution in [0.15, 0.2) is 52.9 Å². The maximum atomic E-state index is 13.2. The van der Waals surface area contributed by atoms with Gasteiger partial charge < -0.3 is 9.47 Å². The summed E-state index contributed by atoms with van der Waals surface area (Å²) >= 11 is 0.821. The zero-order valence-corrected chi connectivity index (χ0v) is 18.8. The lowest BCUT2D eigenvalue weighted by molar-refractivity contribution is -0.144. The van der Waals surface area contributed by atoms with Gasteiger partial charge in [-0.2, -0.15) is 26.7 Å². The zero-order chi connectivity index (χ0) is 24.0. The Labute approximate surface area is 189 Å². The Hall–Kier alpha value is -3.32. The first-order valence-electron chi connectivity index (χ1n) is 9.28. The number of carbonyl (C=O) groups is 1. The van der Waals surface area contributed by atoms with E-state index in [1.54, 1.807) is 12.1 Å². The van der Waals surface area contributed by atoms with Gasteiger partial charge in [0, 0.05) is 18.6 Å². The molecule has 0 aliphatic heterocycles. The molecule has 0 unspecified atom stereocenters. The van der Waals surface area contributed by atoms with Gasteiger partial charge in [-0.05, 0) is 42.5 Å². The lowest BCUT2D eigenvalue weighted by atomic mass is 10.2.